The summed E-state index contributed by atoms with van der Waals surface area (Å²) in [5, 5.41) is 0. The molecule has 0 saturated carbocycles. The van der Waals surface area contributed by atoms with E-state index in [1.165, 1.54) is 0 Å². The van der Waals surface area contributed by atoms with Gasteiger partial charge in [-0.15, -0.1) is 11.6 Å². The van der Waals surface area contributed by atoms with E-state index in [-0.39, 0.29) is 0 Å². The maximum atomic E-state index is 5.64. The van der Waals surface area contributed by atoms with Crippen molar-refractivity contribution in [3.8, 4) is 0 Å². The number of hydrogen-bond acceptors (Lipinski definition) is 3. The smallest absolute Gasteiger partial charge is 0.138 e. The molecule has 1 heterocycles. The maximum Gasteiger partial charge on any atom is 0.138 e. The van der Waals surface area contributed by atoms with Crippen LogP contribution in [-0.4, -0.2) is 15.7 Å². The highest BCUT2D eigenvalue weighted by molar-refractivity contribution is 7.98. The van der Waals surface area contributed by atoms with Crippen molar-refractivity contribution < 1.29 is 0 Å². The van der Waals surface area contributed by atoms with Crippen molar-refractivity contribution in [2.24, 2.45) is 0 Å². The lowest BCUT2D eigenvalue weighted by Gasteiger charge is -1.99. The summed E-state index contributed by atoms with van der Waals surface area (Å²) in [5.74, 6) is 3.31. The summed E-state index contributed by atoms with van der Waals surface area (Å²) in [6.45, 7) is 2.12. The molecule has 12 heavy (non-hydrogen) atoms. The van der Waals surface area contributed by atoms with Crippen LogP contribution in [0.1, 0.15) is 18.4 Å². The highest BCUT2D eigenvalue weighted by Crippen LogP contribution is 2.08. The lowest BCUT2D eigenvalue weighted by molar-refractivity contribution is 0.986. The Hall–Kier alpha value is -0.280. The Bertz CT molecular complexity index is 242. The largest absolute Gasteiger partial charge is 0.240 e. The van der Waals surface area contributed by atoms with Gasteiger partial charge < -0.3 is 0 Å². The van der Waals surface area contributed by atoms with Crippen LogP contribution in [0.3, 0.4) is 0 Å². The van der Waals surface area contributed by atoms with Crippen LogP contribution in [0.4, 0.5) is 0 Å². The summed E-state index contributed by atoms with van der Waals surface area (Å²) in [6, 6.07) is 1.84. The highest BCUT2D eigenvalue weighted by atomic mass is 35.5. The van der Waals surface area contributed by atoms with Gasteiger partial charge in [-0.2, -0.15) is 11.8 Å². The third kappa shape index (κ3) is 2.99. The van der Waals surface area contributed by atoms with Gasteiger partial charge in [0.05, 0.1) is 17.3 Å². The van der Waals surface area contributed by atoms with Crippen LogP contribution in [0.2, 0.25) is 0 Å². The molecule has 1 aromatic rings. The monoisotopic (exact) mass is 202 g/mol. The van der Waals surface area contributed by atoms with E-state index in [1.54, 1.807) is 6.20 Å². The Balaban J connectivity index is 2.60. The van der Waals surface area contributed by atoms with Gasteiger partial charge in [0.15, 0.2) is 0 Å². The molecule has 0 unspecified atom stereocenters. The molecule has 0 bridgehead atoms. The van der Waals surface area contributed by atoms with Crippen LogP contribution in [0.25, 0.3) is 0 Å². The summed E-state index contributed by atoms with van der Waals surface area (Å²) in [5.41, 5.74) is 0.901. The number of nitrogens with zero attached hydrogens (tertiary/aromatic N) is 2. The van der Waals surface area contributed by atoms with Crippen LogP contribution in [-0.2, 0) is 11.6 Å². The molecule has 0 spiro atoms. The maximum absolute atomic E-state index is 5.64. The Kier molecular flexibility index (Phi) is 4.40. The molecule has 0 N–H and O–H groups in total. The van der Waals surface area contributed by atoms with E-state index in [1.807, 2.05) is 17.8 Å². The number of thioether (sulfide) groups is 1. The SMILES string of the molecule is CCSCc1nccc(CCl)n1. The molecule has 0 aliphatic heterocycles. The third-order valence-corrected chi connectivity index (χ3v) is 2.48. The number of halogens is 1. The number of hydrogen-bond donors (Lipinski definition) is 0. The zero-order valence-corrected chi connectivity index (χ0v) is 8.53. The Morgan fingerprint density at radius 2 is 2.42 bits per heavy atom. The molecule has 0 aliphatic rings. The van der Waals surface area contributed by atoms with Gasteiger partial charge in [0.25, 0.3) is 0 Å². The van der Waals surface area contributed by atoms with Gasteiger partial charge in [0.2, 0.25) is 0 Å². The van der Waals surface area contributed by atoms with Gasteiger partial charge in [-0.1, -0.05) is 6.92 Å². The zero-order valence-electron chi connectivity index (χ0n) is 6.96. The molecule has 2 nitrogen and oxygen atoms in total. The Labute approximate surface area is 81.8 Å². The minimum absolute atomic E-state index is 0.465. The van der Waals surface area contributed by atoms with E-state index < -0.39 is 0 Å². The van der Waals surface area contributed by atoms with Gasteiger partial charge in [-0.3, -0.25) is 0 Å². The molecule has 0 radical (unpaired) electrons. The summed E-state index contributed by atoms with van der Waals surface area (Å²) < 4.78 is 0. The lowest BCUT2D eigenvalue weighted by Crippen LogP contribution is -1.95. The molecule has 1 rings (SSSR count). The van der Waals surface area contributed by atoms with Crippen LogP contribution >= 0.6 is 23.4 Å². The number of rotatable bonds is 4. The summed E-state index contributed by atoms with van der Waals surface area (Å²) in [6.07, 6.45) is 1.76. The average Bonchev–Trinajstić information content (AvgIpc) is 2.15. The minimum Gasteiger partial charge on any atom is -0.240 e. The lowest BCUT2D eigenvalue weighted by atomic mass is 10.4. The van der Waals surface area contributed by atoms with Gasteiger partial charge in [-0.25, -0.2) is 9.97 Å². The van der Waals surface area contributed by atoms with E-state index >= 15 is 0 Å². The van der Waals surface area contributed by atoms with Crippen molar-refractivity contribution >= 4 is 23.4 Å². The summed E-state index contributed by atoms with van der Waals surface area (Å²) in [4.78, 5) is 8.40. The molecule has 0 fully saturated rings. The molecule has 66 valence electrons. The molecule has 1 aromatic heterocycles. The summed E-state index contributed by atoms with van der Waals surface area (Å²) >= 11 is 7.45. The van der Waals surface area contributed by atoms with E-state index in [0.717, 1.165) is 23.0 Å². The van der Waals surface area contributed by atoms with E-state index in [0.29, 0.717) is 5.88 Å². The molecular formula is C8H11ClN2S. The molecule has 4 heteroatoms. The first-order chi connectivity index (χ1) is 5.86. The van der Waals surface area contributed by atoms with Crippen molar-refractivity contribution in [2.75, 3.05) is 5.75 Å². The molecule has 0 amide bonds. The highest BCUT2D eigenvalue weighted by Gasteiger charge is 1.97. The van der Waals surface area contributed by atoms with E-state index in [4.69, 9.17) is 11.6 Å². The van der Waals surface area contributed by atoms with Crippen LogP contribution in [0.5, 0.6) is 0 Å². The predicted octanol–water partition coefficient (Wildman–Crippen LogP) is 2.47. The molecule has 0 aliphatic carbocycles. The first kappa shape index (κ1) is 9.81. The second-order valence-electron chi connectivity index (χ2n) is 2.23. The average molecular weight is 203 g/mol. The molecule has 0 atom stereocenters. The second kappa shape index (κ2) is 5.38. The first-order valence-electron chi connectivity index (χ1n) is 3.81. The number of alkyl halides is 1. The van der Waals surface area contributed by atoms with Gasteiger partial charge in [-0.05, 0) is 11.8 Å². The summed E-state index contributed by atoms with van der Waals surface area (Å²) in [7, 11) is 0. The molecule has 0 aromatic carbocycles. The standard InChI is InChI=1S/C8H11ClN2S/c1-2-12-6-8-10-4-3-7(5-9)11-8/h3-4H,2,5-6H2,1H3. The van der Waals surface area contributed by atoms with Crippen LogP contribution in [0, 0.1) is 0 Å². The van der Waals surface area contributed by atoms with Crippen LogP contribution in [0.15, 0.2) is 12.3 Å². The number of aromatic nitrogens is 2. The van der Waals surface area contributed by atoms with Gasteiger partial charge in [0, 0.05) is 6.20 Å². The van der Waals surface area contributed by atoms with E-state index in [9.17, 15) is 0 Å². The van der Waals surface area contributed by atoms with Crippen LogP contribution < -0.4 is 0 Å². The Morgan fingerprint density at radius 3 is 3.08 bits per heavy atom. The fraction of sp³-hybridized carbons (Fsp3) is 0.500. The third-order valence-electron chi connectivity index (χ3n) is 1.34. The second-order valence-corrected chi connectivity index (χ2v) is 3.78. The fourth-order valence-corrected chi connectivity index (χ4v) is 1.45. The zero-order chi connectivity index (χ0) is 8.81. The Morgan fingerprint density at radius 1 is 1.58 bits per heavy atom. The molecular weight excluding hydrogens is 192 g/mol. The van der Waals surface area contributed by atoms with E-state index in [2.05, 4.69) is 16.9 Å². The molecule has 0 saturated heterocycles. The predicted molar refractivity (Wildman–Crippen MR) is 53.4 cm³/mol. The fourth-order valence-electron chi connectivity index (χ4n) is 0.779. The van der Waals surface area contributed by atoms with Crippen molar-refractivity contribution in [2.45, 2.75) is 18.6 Å². The van der Waals surface area contributed by atoms with Crippen molar-refractivity contribution in [3.63, 3.8) is 0 Å². The van der Waals surface area contributed by atoms with Gasteiger partial charge >= 0.3 is 0 Å². The first-order valence-corrected chi connectivity index (χ1v) is 5.50. The van der Waals surface area contributed by atoms with Crippen molar-refractivity contribution in [1.82, 2.24) is 9.97 Å². The van der Waals surface area contributed by atoms with Crippen molar-refractivity contribution in [1.29, 1.82) is 0 Å². The van der Waals surface area contributed by atoms with Gasteiger partial charge in [0.1, 0.15) is 5.82 Å². The quantitative estimate of drug-likeness (QED) is 0.702. The topological polar surface area (TPSA) is 25.8 Å². The minimum atomic E-state index is 0.465. The normalized spacial score (nSPS) is 10.2. The van der Waals surface area contributed by atoms with Crippen molar-refractivity contribution in [3.05, 3.63) is 23.8 Å².